The number of cyclic esters (lactones) is 1. The second kappa shape index (κ2) is 8.28. The van der Waals surface area contributed by atoms with Crippen LogP contribution in [0.25, 0.3) is 6.08 Å². The van der Waals surface area contributed by atoms with Crippen molar-refractivity contribution in [2.24, 2.45) is 4.99 Å². The number of anilines is 2. The van der Waals surface area contributed by atoms with Gasteiger partial charge in [-0.1, -0.05) is 35.9 Å². The predicted molar refractivity (Wildman–Crippen MR) is 123 cm³/mol. The smallest absolute Gasteiger partial charge is 0.363 e. The Bertz CT molecular complexity index is 1220. The van der Waals surface area contributed by atoms with E-state index in [2.05, 4.69) is 9.98 Å². The Hall–Kier alpha value is -3.58. The maximum atomic E-state index is 12.5. The van der Waals surface area contributed by atoms with Crippen molar-refractivity contribution >= 4 is 46.0 Å². The molecule has 0 fully saturated rings. The number of aliphatic imine (C=N–C) groups is 1. The fourth-order valence-corrected chi connectivity index (χ4v) is 4.19. The molecule has 0 spiro atoms. The Labute approximate surface area is 184 Å². The van der Waals surface area contributed by atoms with Gasteiger partial charge < -0.3 is 4.74 Å². The minimum absolute atomic E-state index is 0.133. The molecule has 0 unspecified atom stereocenters. The summed E-state index contributed by atoms with van der Waals surface area (Å²) >= 11 is 1.33. The molecule has 1 aliphatic rings. The summed E-state index contributed by atoms with van der Waals surface area (Å²) in [4.78, 5) is 35.3. The standard InChI is InChI=1S/C24H21N3O3S/c1-14-8-10-18(11-9-14)22-26-20(23(29)30-22)12-19-13-31-24(25-19)27(17(4)28)21-15(2)6-5-7-16(21)3/h5-13H,1-4H3/b20-12+. The van der Waals surface area contributed by atoms with E-state index in [4.69, 9.17) is 4.74 Å². The third-order valence-electron chi connectivity index (χ3n) is 4.88. The molecular weight excluding hydrogens is 410 g/mol. The second-order valence-electron chi connectivity index (χ2n) is 7.35. The number of hydrogen-bond donors (Lipinski definition) is 0. The van der Waals surface area contributed by atoms with Gasteiger partial charge in [0.1, 0.15) is 0 Å². The van der Waals surface area contributed by atoms with Crippen LogP contribution in [0.3, 0.4) is 0 Å². The highest BCUT2D eigenvalue weighted by atomic mass is 32.1. The van der Waals surface area contributed by atoms with Crippen molar-refractivity contribution in [3.63, 3.8) is 0 Å². The Balaban J connectivity index is 1.66. The molecule has 0 radical (unpaired) electrons. The van der Waals surface area contributed by atoms with Gasteiger partial charge in [-0.25, -0.2) is 14.8 Å². The topological polar surface area (TPSA) is 71.9 Å². The van der Waals surface area contributed by atoms with Crippen molar-refractivity contribution in [2.45, 2.75) is 27.7 Å². The molecule has 2 heterocycles. The number of nitrogens with zero attached hydrogens (tertiary/aromatic N) is 3. The summed E-state index contributed by atoms with van der Waals surface area (Å²) in [6.07, 6.45) is 1.58. The van der Waals surface area contributed by atoms with Crippen molar-refractivity contribution < 1.29 is 14.3 Å². The van der Waals surface area contributed by atoms with Crippen molar-refractivity contribution in [2.75, 3.05) is 4.90 Å². The molecule has 156 valence electrons. The highest BCUT2D eigenvalue weighted by molar-refractivity contribution is 7.14. The van der Waals surface area contributed by atoms with Gasteiger partial charge in [0.2, 0.25) is 11.8 Å². The van der Waals surface area contributed by atoms with Crippen molar-refractivity contribution in [3.8, 4) is 0 Å². The van der Waals surface area contributed by atoms with Crippen molar-refractivity contribution in [3.05, 3.63) is 81.5 Å². The molecule has 6 nitrogen and oxygen atoms in total. The van der Waals surface area contributed by atoms with Crippen LogP contribution in [0.15, 0.2) is 58.5 Å². The number of ether oxygens (including phenoxy) is 1. The summed E-state index contributed by atoms with van der Waals surface area (Å²) < 4.78 is 5.32. The predicted octanol–water partition coefficient (Wildman–Crippen LogP) is 5.10. The zero-order valence-electron chi connectivity index (χ0n) is 17.7. The van der Waals surface area contributed by atoms with Gasteiger partial charge in [-0.3, -0.25) is 9.69 Å². The number of amides is 1. The van der Waals surface area contributed by atoms with E-state index >= 15 is 0 Å². The lowest BCUT2D eigenvalue weighted by Gasteiger charge is -2.22. The fraction of sp³-hybridized carbons (Fsp3) is 0.167. The van der Waals surface area contributed by atoms with Gasteiger partial charge in [-0.2, -0.15) is 0 Å². The number of rotatable bonds is 4. The Kier molecular flexibility index (Phi) is 5.52. The van der Waals surface area contributed by atoms with E-state index in [9.17, 15) is 9.59 Å². The number of benzene rings is 2. The van der Waals surface area contributed by atoms with Crippen molar-refractivity contribution in [1.29, 1.82) is 0 Å². The maximum absolute atomic E-state index is 12.5. The summed E-state index contributed by atoms with van der Waals surface area (Å²) in [7, 11) is 0. The van der Waals surface area contributed by atoms with E-state index in [1.807, 2.05) is 63.2 Å². The number of carbonyl (C=O) groups excluding carboxylic acids is 2. The van der Waals surface area contributed by atoms with Crippen LogP contribution in [-0.4, -0.2) is 22.8 Å². The molecule has 7 heteroatoms. The minimum Gasteiger partial charge on any atom is -0.402 e. The van der Waals surface area contributed by atoms with Gasteiger partial charge in [0.25, 0.3) is 0 Å². The molecule has 0 saturated carbocycles. The molecule has 1 aromatic heterocycles. The lowest BCUT2D eigenvalue weighted by atomic mass is 10.1. The number of para-hydroxylation sites is 1. The van der Waals surface area contributed by atoms with Gasteiger partial charge >= 0.3 is 5.97 Å². The zero-order valence-corrected chi connectivity index (χ0v) is 18.5. The summed E-state index contributed by atoms with van der Waals surface area (Å²) in [6.45, 7) is 7.42. The zero-order chi connectivity index (χ0) is 22.1. The fourth-order valence-electron chi connectivity index (χ4n) is 3.36. The molecule has 0 bridgehead atoms. The Morgan fingerprint density at radius 1 is 1.06 bits per heavy atom. The third kappa shape index (κ3) is 4.18. The lowest BCUT2D eigenvalue weighted by Crippen LogP contribution is -2.24. The maximum Gasteiger partial charge on any atom is 0.363 e. The van der Waals surface area contributed by atoms with E-state index in [1.165, 1.54) is 18.3 Å². The van der Waals surface area contributed by atoms with Gasteiger partial charge in [0.05, 0.1) is 11.4 Å². The molecule has 1 amide bonds. The number of esters is 1. The van der Waals surface area contributed by atoms with Gasteiger partial charge in [0, 0.05) is 17.9 Å². The van der Waals surface area contributed by atoms with E-state index in [0.717, 1.165) is 27.9 Å². The first kappa shape index (κ1) is 20.7. The Morgan fingerprint density at radius 2 is 1.74 bits per heavy atom. The van der Waals surface area contributed by atoms with E-state index in [-0.39, 0.29) is 17.5 Å². The average molecular weight is 432 g/mol. The van der Waals surface area contributed by atoms with E-state index in [0.29, 0.717) is 10.8 Å². The summed E-state index contributed by atoms with van der Waals surface area (Å²) in [5, 5.41) is 2.32. The quantitative estimate of drug-likeness (QED) is 0.426. The molecule has 0 saturated heterocycles. The Morgan fingerprint density at radius 3 is 2.39 bits per heavy atom. The molecular formula is C24H21N3O3S. The first-order valence-electron chi connectivity index (χ1n) is 9.75. The number of thiazole rings is 1. The third-order valence-corrected chi connectivity index (χ3v) is 5.73. The van der Waals surface area contributed by atoms with Crippen molar-refractivity contribution in [1.82, 2.24) is 4.98 Å². The van der Waals surface area contributed by atoms with Crippen LogP contribution in [0.5, 0.6) is 0 Å². The normalized spacial score (nSPS) is 14.5. The van der Waals surface area contributed by atoms with Crippen LogP contribution in [0.2, 0.25) is 0 Å². The van der Waals surface area contributed by atoms with Gasteiger partial charge in [-0.05, 0) is 50.1 Å². The van der Waals surface area contributed by atoms with Crippen LogP contribution in [0.1, 0.15) is 34.9 Å². The molecule has 2 aromatic carbocycles. The first-order chi connectivity index (χ1) is 14.8. The molecule has 31 heavy (non-hydrogen) atoms. The van der Waals surface area contributed by atoms with Crippen LogP contribution < -0.4 is 4.90 Å². The number of aromatic nitrogens is 1. The van der Waals surface area contributed by atoms with Crippen LogP contribution >= 0.6 is 11.3 Å². The van der Waals surface area contributed by atoms with Gasteiger partial charge in [0.15, 0.2) is 10.8 Å². The molecule has 0 atom stereocenters. The first-order valence-corrected chi connectivity index (χ1v) is 10.6. The highest BCUT2D eigenvalue weighted by Crippen LogP contribution is 2.34. The van der Waals surface area contributed by atoms with E-state index < -0.39 is 5.97 Å². The molecule has 0 N–H and O–H groups in total. The highest BCUT2D eigenvalue weighted by Gasteiger charge is 2.25. The van der Waals surface area contributed by atoms with Crippen LogP contribution in [0, 0.1) is 20.8 Å². The minimum atomic E-state index is -0.525. The second-order valence-corrected chi connectivity index (χ2v) is 8.19. The average Bonchev–Trinajstić information content (AvgIpc) is 3.32. The number of carbonyl (C=O) groups is 2. The van der Waals surface area contributed by atoms with E-state index in [1.54, 1.807) is 16.4 Å². The molecule has 4 rings (SSSR count). The molecule has 0 aliphatic carbocycles. The SMILES string of the molecule is CC(=O)N(c1nc(/C=C2/N=C(c3ccc(C)cc3)OC2=O)cs1)c1c(C)cccc1C. The van der Waals surface area contributed by atoms with Crippen LogP contribution in [-0.2, 0) is 14.3 Å². The largest absolute Gasteiger partial charge is 0.402 e. The molecule has 3 aromatic rings. The summed E-state index contributed by atoms with van der Waals surface area (Å²) in [5.74, 6) is -0.387. The monoisotopic (exact) mass is 431 g/mol. The summed E-state index contributed by atoms with van der Waals surface area (Å²) in [6, 6.07) is 13.5. The lowest BCUT2D eigenvalue weighted by molar-refractivity contribution is -0.130. The number of aryl methyl sites for hydroxylation is 3. The molecule has 1 aliphatic heterocycles. The van der Waals surface area contributed by atoms with Crippen LogP contribution in [0.4, 0.5) is 10.8 Å². The number of hydrogen-bond acceptors (Lipinski definition) is 6. The van der Waals surface area contributed by atoms with Gasteiger partial charge in [-0.15, -0.1) is 11.3 Å². The summed E-state index contributed by atoms with van der Waals surface area (Å²) in [5.41, 5.74) is 5.35.